The molecule has 0 saturated heterocycles. The fraction of sp³-hybridized carbons (Fsp3) is 0.750. The van der Waals surface area contributed by atoms with Crippen molar-refractivity contribution in [3.63, 3.8) is 0 Å². The molecule has 4 aliphatic carbocycles. The minimum Gasteiger partial charge on any atom is -0.352 e. The molecule has 0 unspecified atom stereocenters. The number of carbonyl (C=O) groups excluding carboxylic acids is 1. The fourth-order valence-electron chi connectivity index (χ4n) is 5.77. The highest BCUT2D eigenvalue weighted by atomic mass is 32.2. The highest BCUT2D eigenvalue weighted by Gasteiger charge is 2.53. The second-order valence-electron chi connectivity index (χ2n) is 8.94. The number of hydrogen-bond donors (Lipinski definition) is 1. The van der Waals surface area contributed by atoms with E-state index in [4.69, 9.17) is 0 Å². The number of rotatable bonds is 8. The van der Waals surface area contributed by atoms with Gasteiger partial charge in [0, 0.05) is 11.8 Å². The van der Waals surface area contributed by atoms with Gasteiger partial charge in [-0.05, 0) is 75.5 Å². The number of thioether (sulfide) groups is 2. The minimum atomic E-state index is 0.134. The van der Waals surface area contributed by atoms with Crippen molar-refractivity contribution in [2.75, 3.05) is 11.5 Å². The maximum Gasteiger partial charge on any atom is 0.230 e. The number of carbonyl (C=O) groups is 1. The van der Waals surface area contributed by atoms with E-state index in [1.807, 2.05) is 6.92 Å². The maximum absolute atomic E-state index is 12.5. The minimum absolute atomic E-state index is 0.134. The van der Waals surface area contributed by atoms with Crippen molar-refractivity contribution in [3.05, 3.63) is 12.2 Å². The van der Waals surface area contributed by atoms with Crippen LogP contribution in [-0.2, 0) is 4.79 Å². The molecule has 27 heavy (non-hydrogen) atoms. The van der Waals surface area contributed by atoms with E-state index in [1.165, 1.54) is 50.3 Å². The average Bonchev–Trinajstić information content (AvgIpc) is 3.05. The van der Waals surface area contributed by atoms with E-state index in [1.54, 1.807) is 23.1 Å². The summed E-state index contributed by atoms with van der Waals surface area (Å²) in [5.41, 5.74) is 1.49. The van der Waals surface area contributed by atoms with Crippen molar-refractivity contribution in [1.82, 2.24) is 15.5 Å². The largest absolute Gasteiger partial charge is 0.352 e. The lowest BCUT2D eigenvalue weighted by Gasteiger charge is -2.59. The summed E-state index contributed by atoms with van der Waals surface area (Å²) in [5.74, 6) is 4.18. The molecular formula is C20H29N3OS3. The van der Waals surface area contributed by atoms with E-state index in [9.17, 15) is 4.79 Å². The first-order valence-corrected chi connectivity index (χ1v) is 12.7. The van der Waals surface area contributed by atoms with Crippen LogP contribution in [0, 0.1) is 23.2 Å². The van der Waals surface area contributed by atoms with Gasteiger partial charge < -0.3 is 5.32 Å². The number of hydrogen-bond acceptors (Lipinski definition) is 6. The molecule has 1 atom stereocenters. The van der Waals surface area contributed by atoms with Gasteiger partial charge in [0.2, 0.25) is 5.91 Å². The Labute approximate surface area is 174 Å². The van der Waals surface area contributed by atoms with Crippen LogP contribution >= 0.6 is 34.9 Å². The van der Waals surface area contributed by atoms with Crippen molar-refractivity contribution in [2.24, 2.45) is 23.2 Å². The van der Waals surface area contributed by atoms with Gasteiger partial charge >= 0.3 is 0 Å². The molecule has 4 fully saturated rings. The molecule has 7 heteroatoms. The molecule has 5 rings (SSSR count). The zero-order valence-corrected chi connectivity index (χ0v) is 18.7. The normalized spacial score (nSPS) is 32.4. The summed E-state index contributed by atoms with van der Waals surface area (Å²) in [7, 11) is 0. The van der Waals surface area contributed by atoms with Crippen molar-refractivity contribution in [2.45, 2.75) is 67.1 Å². The van der Waals surface area contributed by atoms with Crippen LogP contribution in [0.25, 0.3) is 0 Å². The lowest BCUT2D eigenvalue weighted by atomic mass is 9.48. The Morgan fingerprint density at radius 2 is 1.67 bits per heavy atom. The van der Waals surface area contributed by atoms with Crippen LogP contribution in [0.3, 0.4) is 0 Å². The van der Waals surface area contributed by atoms with Gasteiger partial charge in [0.05, 0.1) is 5.75 Å². The Morgan fingerprint density at radius 1 is 1.15 bits per heavy atom. The van der Waals surface area contributed by atoms with Crippen molar-refractivity contribution in [1.29, 1.82) is 0 Å². The van der Waals surface area contributed by atoms with Crippen LogP contribution in [0.15, 0.2) is 20.8 Å². The SMILES string of the molecule is C=C(C)CSc1nnc(SCC(=O)N[C@H](C)C23CC4CC(CC(C4)C2)C3)s1. The maximum atomic E-state index is 12.5. The molecule has 0 radical (unpaired) electrons. The van der Waals surface area contributed by atoms with Gasteiger partial charge in [0.1, 0.15) is 0 Å². The zero-order chi connectivity index (χ0) is 19.0. The Morgan fingerprint density at radius 3 is 2.19 bits per heavy atom. The second-order valence-corrected chi connectivity index (χ2v) is 12.4. The first kappa shape index (κ1) is 19.8. The lowest BCUT2D eigenvalue weighted by molar-refractivity contribution is -0.123. The van der Waals surface area contributed by atoms with E-state index < -0.39 is 0 Å². The molecule has 0 spiro atoms. The van der Waals surface area contributed by atoms with Crippen molar-refractivity contribution >= 4 is 40.8 Å². The Hall–Kier alpha value is -0.530. The van der Waals surface area contributed by atoms with Crippen LogP contribution in [-0.4, -0.2) is 33.7 Å². The molecule has 0 aliphatic heterocycles. The topological polar surface area (TPSA) is 54.9 Å². The molecule has 4 saturated carbocycles. The highest BCUT2D eigenvalue weighted by molar-refractivity contribution is 8.03. The second kappa shape index (κ2) is 8.07. The number of nitrogens with one attached hydrogen (secondary N) is 1. The highest BCUT2D eigenvalue weighted by Crippen LogP contribution is 2.61. The summed E-state index contributed by atoms with van der Waals surface area (Å²) < 4.78 is 1.82. The van der Waals surface area contributed by atoms with E-state index in [0.717, 1.165) is 37.8 Å². The molecule has 0 aromatic carbocycles. The molecule has 1 amide bonds. The lowest BCUT2D eigenvalue weighted by Crippen LogP contribution is -2.56. The summed E-state index contributed by atoms with van der Waals surface area (Å²) in [5, 5.41) is 11.7. The summed E-state index contributed by atoms with van der Waals surface area (Å²) in [6, 6.07) is 0.287. The number of amides is 1. The van der Waals surface area contributed by atoms with E-state index >= 15 is 0 Å². The number of nitrogens with zero attached hydrogens (tertiary/aromatic N) is 2. The zero-order valence-electron chi connectivity index (χ0n) is 16.2. The predicted octanol–water partition coefficient (Wildman–Crippen LogP) is 5.02. The summed E-state index contributed by atoms with van der Waals surface area (Å²) >= 11 is 4.72. The van der Waals surface area contributed by atoms with Gasteiger partial charge in [0.25, 0.3) is 0 Å². The Bertz CT molecular complexity index is 682. The molecule has 1 N–H and O–H groups in total. The van der Waals surface area contributed by atoms with Gasteiger partial charge in [-0.25, -0.2) is 0 Å². The summed E-state index contributed by atoms with van der Waals surface area (Å²) in [6.07, 6.45) is 8.31. The van der Waals surface area contributed by atoms with Crippen molar-refractivity contribution in [3.8, 4) is 0 Å². The fourth-order valence-corrected chi connectivity index (χ4v) is 8.44. The van der Waals surface area contributed by atoms with Gasteiger partial charge in [0.15, 0.2) is 8.68 Å². The van der Waals surface area contributed by atoms with Crippen LogP contribution in [0.4, 0.5) is 0 Å². The third-order valence-electron chi connectivity index (χ3n) is 6.54. The summed E-state index contributed by atoms with van der Waals surface area (Å²) in [4.78, 5) is 12.5. The quantitative estimate of drug-likeness (QED) is 0.470. The first-order chi connectivity index (χ1) is 12.9. The molecular weight excluding hydrogens is 394 g/mol. The van der Waals surface area contributed by atoms with Crippen LogP contribution in [0.1, 0.15) is 52.4 Å². The van der Waals surface area contributed by atoms with E-state index in [0.29, 0.717) is 11.2 Å². The van der Waals surface area contributed by atoms with Crippen molar-refractivity contribution < 1.29 is 4.79 Å². The molecule has 4 nitrogen and oxygen atoms in total. The first-order valence-electron chi connectivity index (χ1n) is 9.95. The number of aromatic nitrogens is 2. The molecule has 1 aromatic rings. The van der Waals surface area contributed by atoms with E-state index in [-0.39, 0.29) is 11.9 Å². The molecule has 4 bridgehead atoms. The van der Waals surface area contributed by atoms with Gasteiger partial charge in [-0.3, -0.25) is 4.79 Å². The molecule has 1 aromatic heterocycles. The monoisotopic (exact) mass is 423 g/mol. The van der Waals surface area contributed by atoms with Gasteiger partial charge in [-0.1, -0.05) is 47.0 Å². The Kier molecular flexibility index (Phi) is 5.91. The molecule has 4 aliphatic rings. The molecule has 1 heterocycles. The predicted molar refractivity (Wildman–Crippen MR) is 114 cm³/mol. The smallest absolute Gasteiger partial charge is 0.230 e. The van der Waals surface area contributed by atoms with Crippen LogP contribution < -0.4 is 5.32 Å². The standard InChI is InChI=1S/C20H29N3OS3/c1-12(2)10-25-18-22-23-19(27-18)26-11-17(24)21-13(3)20-7-14-4-15(8-20)6-16(5-14)9-20/h13-16H,1,4-11H2,2-3H3,(H,21,24)/t13-,14?,15?,16?,20?/m1/s1. The Balaban J connectivity index is 1.26. The van der Waals surface area contributed by atoms with Gasteiger partial charge in [-0.15, -0.1) is 10.2 Å². The molecule has 148 valence electrons. The van der Waals surface area contributed by atoms with E-state index in [2.05, 4.69) is 29.0 Å². The average molecular weight is 424 g/mol. The third-order valence-corrected chi connectivity index (χ3v) is 9.96. The van der Waals surface area contributed by atoms with Crippen LogP contribution in [0.2, 0.25) is 0 Å². The van der Waals surface area contributed by atoms with Crippen LogP contribution in [0.5, 0.6) is 0 Å². The van der Waals surface area contributed by atoms with Gasteiger partial charge in [-0.2, -0.15) is 0 Å². The third kappa shape index (κ3) is 4.56. The summed E-state index contributed by atoms with van der Waals surface area (Å²) in [6.45, 7) is 8.16.